The fourth-order valence-electron chi connectivity index (χ4n) is 1.86. The van der Waals surface area contributed by atoms with Crippen LogP contribution in [0.25, 0.3) is 0 Å². The van der Waals surface area contributed by atoms with Gasteiger partial charge in [0.15, 0.2) is 0 Å². The summed E-state index contributed by atoms with van der Waals surface area (Å²) in [7, 11) is 0. The molecule has 2 heteroatoms. The summed E-state index contributed by atoms with van der Waals surface area (Å²) in [5.74, 6) is 3.60. The van der Waals surface area contributed by atoms with Gasteiger partial charge in [-0.25, -0.2) is 0 Å². The Kier molecular flexibility index (Phi) is 5.56. The smallest absolute Gasteiger partial charge is 0.00444 e. The third kappa shape index (κ3) is 4.72. The van der Waals surface area contributed by atoms with E-state index in [2.05, 4.69) is 18.3 Å². The third-order valence-corrected chi connectivity index (χ3v) is 3.77. The van der Waals surface area contributed by atoms with Crippen LogP contribution in [0, 0.1) is 5.92 Å². The van der Waals surface area contributed by atoms with Crippen LogP contribution in [0.2, 0.25) is 0 Å². The van der Waals surface area contributed by atoms with Gasteiger partial charge < -0.3 is 5.73 Å². The van der Waals surface area contributed by atoms with Crippen molar-refractivity contribution < 1.29 is 0 Å². The van der Waals surface area contributed by atoms with Gasteiger partial charge in [-0.3, -0.25) is 0 Å². The van der Waals surface area contributed by atoms with Gasteiger partial charge in [-0.2, -0.15) is 11.8 Å². The van der Waals surface area contributed by atoms with E-state index in [1.54, 1.807) is 0 Å². The van der Waals surface area contributed by atoms with Crippen LogP contribution in [0.1, 0.15) is 32.1 Å². The summed E-state index contributed by atoms with van der Waals surface area (Å²) in [6, 6.07) is 0.408. The van der Waals surface area contributed by atoms with Crippen molar-refractivity contribution in [2.75, 3.05) is 11.5 Å². The lowest BCUT2D eigenvalue weighted by Gasteiger charge is -2.24. The molecule has 1 saturated heterocycles. The SMILES string of the molecule is C=CCCC(N)CC1CCSCC1. The zero-order valence-electron chi connectivity index (χ0n) is 8.37. The first kappa shape index (κ1) is 11.1. The second kappa shape index (κ2) is 6.50. The van der Waals surface area contributed by atoms with Gasteiger partial charge in [0, 0.05) is 6.04 Å². The van der Waals surface area contributed by atoms with Crippen LogP contribution >= 0.6 is 11.8 Å². The lowest BCUT2D eigenvalue weighted by Crippen LogP contribution is -2.25. The molecular formula is C11H21NS. The molecule has 0 radical (unpaired) electrons. The van der Waals surface area contributed by atoms with Gasteiger partial charge >= 0.3 is 0 Å². The first-order valence-electron chi connectivity index (χ1n) is 5.27. The Morgan fingerprint density at radius 1 is 1.46 bits per heavy atom. The van der Waals surface area contributed by atoms with Gasteiger partial charge in [-0.15, -0.1) is 6.58 Å². The maximum atomic E-state index is 6.04. The number of thioether (sulfide) groups is 1. The minimum Gasteiger partial charge on any atom is -0.328 e. The molecule has 0 aromatic carbocycles. The fraction of sp³-hybridized carbons (Fsp3) is 0.818. The number of hydrogen-bond acceptors (Lipinski definition) is 2. The normalized spacial score (nSPS) is 21.3. The summed E-state index contributed by atoms with van der Waals surface area (Å²) < 4.78 is 0. The van der Waals surface area contributed by atoms with Crippen LogP contribution in [-0.2, 0) is 0 Å². The lowest BCUT2D eigenvalue weighted by atomic mass is 9.93. The predicted octanol–water partition coefficient (Wildman–Crippen LogP) is 2.81. The van der Waals surface area contributed by atoms with E-state index < -0.39 is 0 Å². The van der Waals surface area contributed by atoms with Gasteiger partial charge in [0.2, 0.25) is 0 Å². The van der Waals surface area contributed by atoms with Gasteiger partial charge in [0.1, 0.15) is 0 Å². The highest BCUT2D eigenvalue weighted by atomic mass is 32.2. The van der Waals surface area contributed by atoms with E-state index in [0.717, 1.165) is 18.8 Å². The van der Waals surface area contributed by atoms with Crippen molar-refractivity contribution in [3.05, 3.63) is 12.7 Å². The summed E-state index contributed by atoms with van der Waals surface area (Å²) in [4.78, 5) is 0. The molecule has 1 atom stereocenters. The second-order valence-electron chi connectivity index (χ2n) is 3.92. The molecule has 1 unspecified atom stereocenters. The summed E-state index contributed by atoms with van der Waals surface area (Å²) in [6.07, 6.45) is 8.15. The Morgan fingerprint density at radius 3 is 2.77 bits per heavy atom. The summed E-state index contributed by atoms with van der Waals surface area (Å²) in [5, 5.41) is 0. The monoisotopic (exact) mass is 199 g/mol. The molecule has 0 bridgehead atoms. The van der Waals surface area contributed by atoms with Crippen molar-refractivity contribution in [2.45, 2.75) is 38.1 Å². The van der Waals surface area contributed by atoms with Crippen LogP contribution in [0.3, 0.4) is 0 Å². The molecule has 2 N–H and O–H groups in total. The molecule has 0 aliphatic carbocycles. The predicted molar refractivity (Wildman–Crippen MR) is 62.1 cm³/mol. The molecule has 0 amide bonds. The minimum absolute atomic E-state index is 0.408. The molecule has 1 heterocycles. The number of rotatable bonds is 5. The van der Waals surface area contributed by atoms with E-state index >= 15 is 0 Å². The highest BCUT2D eigenvalue weighted by Crippen LogP contribution is 2.26. The molecule has 1 rings (SSSR count). The number of nitrogens with two attached hydrogens (primary N) is 1. The zero-order valence-corrected chi connectivity index (χ0v) is 9.19. The lowest BCUT2D eigenvalue weighted by molar-refractivity contribution is 0.397. The van der Waals surface area contributed by atoms with Gasteiger partial charge in [-0.05, 0) is 49.5 Å². The number of allylic oxidation sites excluding steroid dienone is 1. The molecule has 0 aromatic rings. The molecule has 1 aliphatic heterocycles. The van der Waals surface area contributed by atoms with Crippen molar-refractivity contribution in [3.63, 3.8) is 0 Å². The summed E-state index contributed by atoms with van der Waals surface area (Å²) in [6.45, 7) is 3.72. The molecule has 1 fully saturated rings. The van der Waals surface area contributed by atoms with E-state index in [1.807, 2.05) is 6.08 Å². The van der Waals surface area contributed by atoms with E-state index in [-0.39, 0.29) is 0 Å². The Morgan fingerprint density at radius 2 is 2.15 bits per heavy atom. The standard InChI is InChI=1S/C11H21NS/c1-2-3-4-11(12)9-10-5-7-13-8-6-10/h2,10-11H,1,3-9,12H2. The topological polar surface area (TPSA) is 26.0 Å². The second-order valence-corrected chi connectivity index (χ2v) is 5.14. The average Bonchev–Trinajstić information content (AvgIpc) is 2.16. The van der Waals surface area contributed by atoms with Gasteiger partial charge in [0.05, 0.1) is 0 Å². The Hall–Kier alpha value is 0.0500. The molecule has 13 heavy (non-hydrogen) atoms. The maximum Gasteiger partial charge on any atom is 0.00444 e. The fourth-order valence-corrected chi connectivity index (χ4v) is 3.06. The molecule has 76 valence electrons. The Bertz CT molecular complexity index is 141. The molecule has 0 aromatic heterocycles. The summed E-state index contributed by atoms with van der Waals surface area (Å²) >= 11 is 2.09. The van der Waals surface area contributed by atoms with Crippen LogP contribution in [-0.4, -0.2) is 17.5 Å². The first-order chi connectivity index (χ1) is 6.33. The van der Waals surface area contributed by atoms with Crippen LogP contribution in [0.4, 0.5) is 0 Å². The molecule has 1 aliphatic rings. The Balaban J connectivity index is 2.10. The molecule has 0 saturated carbocycles. The maximum absolute atomic E-state index is 6.04. The van der Waals surface area contributed by atoms with Gasteiger partial charge in [-0.1, -0.05) is 6.08 Å². The quantitative estimate of drug-likeness (QED) is 0.689. The van der Waals surface area contributed by atoms with Crippen LogP contribution < -0.4 is 5.73 Å². The first-order valence-corrected chi connectivity index (χ1v) is 6.42. The van der Waals surface area contributed by atoms with E-state index in [4.69, 9.17) is 5.73 Å². The van der Waals surface area contributed by atoms with Crippen LogP contribution in [0.15, 0.2) is 12.7 Å². The number of hydrogen-bond donors (Lipinski definition) is 1. The third-order valence-electron chi connectivity index (χ3n) is 2.72. The van der Waals surface area contributed by atoms with Gasteiger partial charge in [0.25, 0.3) is 0 Å². The molecule has 1 nitrogen and oxygen atoms in total. The van der Waals surface area contributed by atoms with E-state index in [1.165, 1.54) is 30.8 Å². The largest absolute Gasteiger partial charge is 0.328 e. The highest BCUT2D eigenvalue weighted by Gasteiger charge is 2.16. The van der Waals surface area contributed by atoms with E-state index in [9.17, 15) is 0 Å². The molecule has 0 spiro atoms. The van der Waals surface area contributed by atoms with Crippen molar-refractivity contribution in [1.29, 1.82) is 0 Å². The minimum atomic E-state index is 0.408. The van der Waals surface area contributed by atoms with Crippen molar-refractivity contribution in [3.8, 4) is 0 Å². The van der Waals surface area contributed by atoms with Crippen molar-refractivity contribution >= 4 is 11.8 Å². The van der Waals surface area contributed by atoms with Crippen molar-refractivity contribution in [2.24, 2.45) is 11.7 Å². The highest BCUT2D eigenvalue weighted by molar-refractivity contribution is 7.99. The molecular weight excluding hydrogens is 178 g/mol. The Labute approximate surface area is 86.2 Å². The summed E-state index contributed by atoms with van der Waals surface area (Å²) in [5.41, 5.74) is 6.04. The van der Waals surface area contributed by atoms with E-state index in [0.29, 0.717) is 6.04 Å². The van der Waals surface area contributed by atoms with Crippen LogP contribution in [0.5, 0.6) is 0 Å². The van der Waals surface area contributed by atoms with Crippen molar-refractivity contribution in [1.82, 2.24) is 0 Å². The average molecular weight is 199 g/mol. The zero-order chi connectivity index (χ0) is 9.52.